The van der Waals surface area contributed by atoms with Gasteiger partial charge in [0, 0.05) is 23.5 Å². The van der Waals surface area contributed by atoms with Gasteiger partial charge in [-0.05, 0) is 62.7 Å². The molecule has 1 unspecified atom stereocenters. The van der Waals surface area contributed by atoms with Gasteiger partial charge in [-0.1, -0.05) is 6.07 Å². The zero-order valence-corrected chi connectivity index (χ0v) is 17.2. The maximum Gasteiger partial charge on any atom is 0.161 e. The standard InChI is InChI=1S/C22H25FN2O2S/c1-4-26-20-11-8-17(12-21(20)27-5-2)15(3)24-13-19-14-28-22(25-19)16-6-9-18(23)10-7-16/h6-12,14-15,24H,4-5,13H2,1-3H3. The smallest absolute Gasteiger partial charge is 0.161 e. The van der Waals surface area contributed by atoms with Gasteiger partial charge in [-0.15, -0.1) is 11.3 Å². The van der Waals surface area contributed by atoms with E-state index in [1.165, 1.54) is 12.1 Å². The molecule has 6 heteroatoms. The van der Waals surface area contributed by atoms with Gasteiger partial charge in [-0.2, -0.15) is 0 Å². The summed E-state index contributed by atoms with van der Waals surface area (Å²) >= 11 is 1.56. The van der Waals surface area contributed by atoms with Crippen molar-refractivity contribution in [3.63, 3.8) is 0 Å². The lowest BCUT2D eigenvalue weighted by atomic mass is 10.1. The van der Waals surface area contributed by atoms with Gasteiger partial charge in [-0.25, -0.2) is 9.37 Å². The first-order valence-electron chi connectivity index (χ1n) is 9.44. The maximum atomic E-state index is 13.1. The molecule has 1 heterocycles. The second-order valence-electron chi connectivity index (χ2n) is 6.33. The van der Waals surface area contributed by atoms with Crippen LogP contribution in [0, 0.1) is 5.82 Å². The molecule has 3 aromatic rings. The number of rotatable bonds is 9. The van der Waals surface area contributed by atoms with Gasteiger partial charge in [0.05, 0.1) is 18.9 Å². The zero-order valence-electron chi connectivity index (χ0n) is 16.4. The van der Waals surface area contributed by atoms with Gasteiger partial charge in [0.2, 0.25) is 0 Å². The number of hydrogen-bond donors (Lipinski definition) is 1. The lowest BCUT2D eigenvalue weighted by Crippen LogP contribution is -2.18. The minimum atomic E-state index is -0.238. The van der Waals surface area contributed by atoms with Gasteiger partial charge >= 0.3 is 0 Å². The number of hydrogen-bond acceptors (Lipinski definition) is 5. The van der Waals surface area contributed by atoms with Crippen molar-refractivity contribution >= 4 is 11.3 Å². The highest BCUT2D eigenvalue weighted by Crippen LogP contribution is 2.31. The van der Waals surface area contributed by atoms with E-state index in [-0.39, 0.29) is 11.9 Å². The highest BCUT2D eigenvalue weighted by Gasteiger charge is 2.12. The second-order valence-corrected chi connectivity index (χ2v) is 7.18. The van der Waals surface area contributed by atoms with Crippen molar-refractivity contribution in [2.75, 3.05) is 13.2 Å². The SMILES string of the molecule is CCOc1ccc(C(C)NCc2csc(-c3ccc(F)cc3)n2)cc1OCC. The summed E-state index contributed by atoms with van der Waals surface area (Å²) in [7, 11) is 0. The van der Waals surface area contributed by atoms with Crippen LogP contribution in [0.5, 0.6) is 11.5 Å². The first-order valence-corrected chi connectivity index (χ1v) is 10.3. The molecule has 28 heavy (non-hydrogen) atoms. The van der Waals surface area contributed by atoms with Crippen LogP contribution >= 0.6 is 11.3 Å². The Kier molecular flexibility index (Phi) is 7.01. The zero-order chi connectivity index (χ0) is 19.9. The Morgan fingerprint density at radius 1 is 1.04 bits per heavy atom. The molecule has 1 aromatic heterocycles. The van der Waals surface area contributed by atoms with Crippen molar-refractivity contribution in [3.05, 3.63) is 64.9 Å². The summed E-state index contributed by atoms with van der Waals surface area (Å²) in [5, 5.41) is 6.42. The molecule has 0 fully saturated rings. The summed E-state index contributed by atoms with van der Waals surface area (Å²) in [6.07, 6.45) is 0. The van der Waals surface area contributed by atoms with Gasteiger partial charge in [0.1, 0.15) is 10.8 Å². The molecular weight excluding hydrogens is 375 g/mol. The van der Waals surface area contributed by atoms with Crippen molar-refractivity contribution in [2.24, 2.45) is 0 Å². The first-order chi connectivity index (χ1) is 13.6. The van der Waals surface area contributed by atoms with Gasteiger partial charge < -0.3 is 14.8 Å². The van der Waals surface area contributed by atoms with Gasteiger partial charge in [0.15, 0.2) is 11.5 Å². The van der Waals surface area contributed by atoms with Crippen LogP contribution < -0.4 is 14.8 Å². The van der Waals surface area contributed by atoms with E-state index in [1.807, 2.05) is 31.4 Å². The molecule has 0 bridgehead atoms. The lowest BCUT2D eigenvalue weighted by Gasteiger charge is -2.17. The van der Waals surface area contributed by atoms with Crippen molar-refractivity contribution < 1.29 is 13.9 Å². The van der Waals surface area contributed by atoms with E-state index in [0.717, 1.165) is 33.3 Å². The fourth-order valence-corrected chi connectivity index (χ4v) is 3.65. The molecular formula is C22H25FN2O2S. The normalized spacial score (nSPS) is 12.0. The number of benzene rings is 2. The van der Waals surface area contributed by atoms with Gasteiger partial charge in [-0.3, -0.25) is 0 Å². The molecule has 3 rings (SSSR count). The van der Waals surface area contributed by atoms with Crippen LogP contribution in [0.25, 0.3) is 10.6 Å². The fraction of sp³-hybridized carbons (Fsp3) is 0.318. The number of thiazole rings is 1. The van der Waals surface area contributed by atoms with Crippen LogP contribution in [-0.4, -0.2) is 18.2 Å². The van der Waals surface area contributed by atoms with Crippen LogP contribution in [0.3, 0.4) is 0 Å². The Hall–Kier alpha value is -2.44. The van der Waals surface area contributed by atoms with Gasteiger partial charge in [0.25, 0.3) is 0 Å². The molecule has 0 amide bonds. The predicted octanol–water partition coefficient (Wildman–Crippen LogP) is 5.60. The summed E-state index contributed by atoms with van der Waals surface area (Å²) in [4.78, 5) is 4.65. The minimum Gasteiger partial charge on any atom is -0.490 e. The van der Waals surface area contributed by atoms with Crippen LogP contribution in [0.15, 0.2) is 47.8 Å². The van der Waals surface area contributed by atoms with Crippen LogP contribution in [0.1, 0.15) is 38.1 Å². The first kappa shape index (κ1) is 20.3. The second kappa shape index (κ2) is 9.66. The molecule has 0 spiro atoms. The molecule has 0 aliphatic heterocycles. The predicted molar refractivity (Wildman–Crippen MR) is 112 cm³/mol. The summed E-state index contributed by atoms with van der Waals surface area (Å²) in [6, 6.07) is 12.6. The van der Waals surface area contributed by atoms with Crippen molar-refractivity contribution in [2.45, 2.75) is 33.4 Å². The fourth-order valence-electron chi connectivity index (χ4n) is 2.83. The largest absolute Gasteiger partial charge is 0.490 e. The topological polar surface area (TPSA) is 43.4 Å². The molecule has 0 saturated carbocycles. The third-order valence-electron chi connectivity index (χ3n) is 4.30. The lowest BCUT2D eigenvalue weighted by molar-refractivity contribution is 0.287. The average molecular weight is 401 g/mol. The van der Waals surface area contributed by atoms with Crippen molar-refractivity contribution in [1.29, 1.82) is 0 Å². The van der Waals surface area contributed by atoms with E-state index < -0.39 is 0 Å². The minimum absolute atomic E-state index is 0.130. The molecule has 1 atom stereocenters. The molecule has 148 valence electrons. The third kappa shape index (κ3) is 5.09. The number of nitrogens with one attached hydrogen (secondary N) is 1. The molecule has 1 N–H and O–H groups in total. The maximum absolute atomic E-state index is 13.1. The molecule has 0 radical (unpaired) electrons. The Labute approximate surface area is 169 Å². The van der Waals surface area contributed by atoms with Crippen molar-refractivity contribution in [1.82, 2.24) is 10.3 Å². The number of halogens is 1. The third-order valence-corrected chi connectivity index (χ3v) is 5.24. The molecule has 0 aliphatic carbocycles. The summed E-state index contributed by atoms with van der Waals surface area (Å²) in [5.74, 6) is 1.30. The van der Waals surface area contributed by atoms with E-state index >= 15 is 0 Å². The number of aromatic nitrogens is 1. The summed E-state index contributed by atoms with van der Waals surface area (Å²) < 4.78 is 24.4. The Balaban J connectivity index is 1.64. The molecule has 0 saturated heterocycles. The highest BCUT2D eigenvalue weighted by molar-refractivity contribution is 7.13. The summed E-state index contributed by atoms with van der Waals surface area (Å²) in [5.41, 5.74) is 3.02. The Morgan fingerprint density at radius 3 is 2.46 bits per heavy atom. The average Bonchev–Trinajstić information content (AvgIpc) is 3.17. The van der Waals surface area contributed by atoms with E-state index in [4.69, 9.17) is 9.47 Å². The van der Waals surface area contributed by atoms with Crippen LogP contribution in [0.2, 0.25) is 0 Å². The van der Waals surface area contributed by atoms with Crippen LogP contribution in [-0.2, 0) is 6.54 Å². The summed E-state index contributed by atoms with van der Waals surface area (Å²) in [6.45, 7) is 7.88. The molecule has 4 nitrogen and oxygen atoms in total. The van der Waals surface area contributed by atoms with Crippen molar-refractivity contribution in [3.8, 4) is 22.1 Å². The quantitative estimate of drug-likeness (QED) is 0.508. The number of ether oxygens (including phenoxy) is 2. The van der Waals surface area contributed by atoms with E-state index in [2.05, 4.69) is 23.3 Å². The molecule has 0 aliphatic rings. The van der Waals surface area contributed by atoms with E-state index in [9.17, 15) is 4.39 Å². The molecule has 2 aromatic carbocycles. The van der Waals surface area contributed by atoms with E-state index in [0.29, 0.717) is 19.8 Å². The number of nitrogens with zero attached hydrogens (tertiary/aromatic N) is 1. The monoisotopic (exact) mass is 400 g/mol. The Morgan fingerprint density at radius 2 is 1.75 bits per heavy atom. The van der Waals surface area contributed by atoms with E-state index in [1.54, 1.807) is 23.5 Å². The van der Waals surface area contributed by atoms with Crippen LogP contribution in [0.4, 0.5) is 4.39 Å². The Bertz CT molecular complexity index is 896. The highest BCUT2D eigenvalue weighted by atomic mass is 32.1.